The van der Waals surface area contributed by atoms with Gasteiger partial charge in [-0.25, -0.2) is 9.18 Å². The van der Waals surface area contributed by atoms with Crippen LogP contribution in [0, 0.1) is 5.82 Å². The molecule has 0 aliphatic rings. The van der Waals surface area contributed by atoms with E-state index in [0.717, 1.165) is 6.07 Å². The molecule has 0 heterocycles. The van der Waals surface area contributed by atoms with Gasteiger partial charge < -0.3 is 10.1 Å². The van der Waals surface area contributed by atoms with Crippen molar-refractivity contribution in [1.82, 2.24) is 0 Å². The van der Waals surface area contributed by atoms with E-state index in [1.54, 1.807) is 7.05 Å². The summed E-state index contributed by atoms with van der Waals surface area (Å²) in [6.45, 7) is 0. The van der Waals surface area contributed by atoms with Crippen molar-refractivity contribution >= 4 is 27.6 Å². The first-order valence-corrected chi connectivity index (χ1v) is 4.64. The van der Waals surface area contributed by atoms with Crippen LogP contribution >= 0.6 is 15.9 Å². The number of halogens is 2. The summed E-state index contributed by atoms with van der Waals surface area (Å²) in [6, 6.07) is 2.61. The monoisotopic (exact) mass is 261 g/mol. The van der Waals surface area contributed by atoms with Gasteiger partial charge in [0.25, 0.3) is 0 Å². The molecule has 0 amide bonds. The lowest BCUT2D eigenvalue weighted by Crippen LogP contribution is -2.06. The highest BCUT2D eigenvalue weighted by molar-refractivity contribution is 9.10. The van der Waals surface area contributed by atoms with Gasteiger partial charge in [0.15, 0.2) is 0 Å². The minimum Gasteiger partial charge on any atom is -0.465 e. The van der Waals surface area contributed by atoms with Crippen LogP contribution in [0.15, 0.2) is 16.6 Å². The molecule has 0 atom stereocenters. The van der Waals surface area contributed by atoms with Crippen molar-refractivity contribution in [2.45, 2.75) is 0 Å². The van der Waals surface area contributed by atoms with E-state index < -0.39 is 11.8 Å². The normalized spacial score (nSPS) is 9.71. The first kappa shape index (κ1) is 11.0. The molecule has 0 saturated carbocycles. The maximum absolute atomic E-state index is 13.1. The third-order valence-electron chi connectivity index (χ3n) is 1.74. The smallest absolute Gasteiger partial charge is 0.340 e. The topological polar surface area (TPSA) is 38.3 Å². The second-order valence-electron chi connectivity index (χ2n) is 2.55. The fraction of sp³-hybridized carbons (Fsp3) is 0.222. The number of esters is 1. The number of anilines is 1. The predicted octanol–water partition coefficient (Wildman–Crippen LogP) is 2.42. The number of ether oxygens (including phenoxy) is 1. The summed E-state index contributed by atoms with van der Waals surface area (Å²) in [6.07, 6.45) is 0. The Balaban J connectivity index is 3.27. The molecule has 14 heavy (non-hydrogen) atoms. The third-order valence-corrected chi connectivity index (χ3v) is 2.34. The Kier molecular flexibility index (Phi) is 3.46. The molecule has 0 spiro atoms. The third kappa shape index (κ3) is 2.04. The quantitative estimate of drug-likeness (QED) is 0.832. The Bertz CT molecular complexity index is 368. The lowest BCUT2D eigenvalue weighted by molar-refractivity contribution is 0.0601. The van der Waals surface area contributed by atoms with Crippen molar-refractivity contribution < 1.29 is 13.9 Å². The fourth-order valence-electron chi connectivity index (χ4n) is 1.03. The molecule has 0 radical (unpaired) electrons. The number of carbonyl (C=O) groups is 1. The van der Waals surface area contributed by atoms with E-state index in [2.05, 4.69) is 26.0 Å². The van der Waals surface area contributed by atoms with Crippen LogP contribution in [0.4, 0.5) is 10.1 Å². The van der Waals surface area contributed by atoms with Crippen molar-refractivity contribution in [3.05, 3.63) is 28.0 Å². The van der Waals surface area contributed by atoms with Gasteiger partial charge in [0, 0.05) is 12.7 Å². The number of benzene rings is 1. The number of rotatable bonds is 2. The number of carbonyl (C=O) groups excluding carboxylic acids is 1. The van der Waals surface area contributed by atoms with E-state index in [1.165, 1.54) is 13.2 Å². The highest BCUT2D eigenvalue weighted by Gasteiger charge is 2.14. The molecule has 1 aromatic carbocycles. The minimum absolute atomic E-state index is 0.177. The van der Waals surface area contributed by atoms with Crippen LogP contribution in [0.3, 0.4) is 0 Å². The fourth-order valence-corrected chi connectivity index (χ4v) is 1.38. The molecule has 0 fully saturated rings. The summed E-state index contributed by atoms with van der Waals surface area (Å²) in [7, 11) is 2.90. The van der Waals surface area contributed by atoms with Gasteiger partial charge in [-0.3, -0.25) is 0 Å². The van der Waals surface area contributed by atoms with E-state index >= 15 is 0 Å². The molecule has 76 valence electrons. The molecule has 0 aliphatic carbocycles. The zero-order valence-electron chi connectivity index (χ0n) is 7.73. The van der Waals surface area contributed by atoms with E-state index in [4.69, 9.17) is 0 Å². The first-order valence-electron chi connectivity index (χ1n) is 3.85. The average molecular weight is 262 g/mol. The molecule has 0 unspecified atom stereocenters. The van der Waals surface area contributed by atoms with E-state index in [0.29, 0.717) is 10.2 Å². The molecule has 0 saturated heterocycles. The number of methoxy groups -OCH3 is 1. The average Bonchev–Trinajstić information content (AvgIpc) is 2.20. The molecular weight excluding hydrogens is 253 g/mol. The van der Waals surface area contributed by atoms with Crippen molar-refractivity contribution in [3.8, 4) is 0 Å². The van der Waals surface area contributed by atoms with Crippen molar-refractivity contribution in [1.29, 1.82) is 0 Å². The molecule has 0 aromatic heterocycles. The zero-order chi connectivity index (χ0) is 10.7. The van der Waals surface area contributed by atoms with E-state index in [9.17, 15) is 9.18 Å². The molecule has 1 rings (SSSR count). The summed E-state index contributed by atoms with van der Waals surface area (Å²) in [5.74, 6) is -1.06. The second-order valence-corrected chi connectivity index (χ2v) is 3.41. The van der Waals surface area contributed by atoms with Crippen molar-refractivity contribution in [2.24, 2.45) is 0 Å². The molecule has 5 heteroatoms. The van der Waals surface area contributed by atoms with Gasteiger partial charge in [-0.1, -0.05) is 0 Å². The van der Waals surface area contributed by atoms with Crippen molar-refractivity contribution in [2.75, 3.05) is 19.5 Å². The molecule has 0 bridgehead atoms. The lowest BCUT2D eigenvalue weighted by Gasteiger charge is -2.08. The van der Waals surface area contributed by atoms with Crippen LogP contribution < -0.4 is 5.32 Å². The summed E-state index contributed by atoms with van der Waals surface area (Å²) >= 11 is 3.02. The Morgan fingerprint density at radius 2 is 2.21 bits per heavy atom. The summed E-state index contributed by atoms with van der Waals surface area (Å²) in [5, 5.41) is 2.78. The van der Waals surface area contributed by atoms with Gasteiger partial charge in [-0.15, -0.1) is 0 Å². The van der Waals surface area contributed by atoms with Crippen LogP contribution in [0.5, 0.6) is 0 Å². The van der Waals surface area contributed by atoms with Crippen LogP contribution in [0.25, 0.3) is 0 Å². The number of hydrogen-bond acceptors (Lipinski definition) is 3. The van der Waals surface area contributed by atoms with Crippen LogP contribution in [-0.2, 0) is 4.74 Å². The SMILES string of the molecule is CNc1cc(Br)c(F)cc1C(=O)OC. The first-order chi connectivity index (χ1) is 6.60. The van der Waals surface area contributed by atoms with E-state index in [-0.39, 0.29) is 5.56 Å². The Hall–Kier alpha value is -1.10. The maximum Gasteiger partial charge on any atom is 0.340 e. The molecule has 3 nitrogen and oxygen atoms in total. The van der Waals surface area contributed by atoms with Gasteiger partial charge >= 0.3 is 5.97 Å². The zero-order valence-corrected chi connectivity index (χ0v) is 9.31. The molecule has 1 N–H and O–H groups in total. The van der Waals surface area contributed by atoms with Crippen LogP contribution in [-0.4, -0.2) is 20.1 Å². The predicted molar refractivity (Wildman–Crippen MR) is 55.0 cm³/mol. The van der Waals surface area contributed by atoms with Crippen molar-refractivity contribution in [3.63, 3.8) is 0 Å². The molecular formula is C9H9BrFNO2. The van der Waals surface area contributed by atoms with Gasteiger partial charge in [-0.2, -0.15) is 0 Å². The highest BCUT2D eigenvalue weighted by atomic mass is 79.9. The second kappa shape index (κ2) is 4.41. The largest absolute Gasteiger partial charge is 0.465 e. The van der Waals surface area contributed by atoms with Gasteiger partial charge in [0.1, 0.15) is 5.82 Å². The minimum atomic E-state index is -0.569. The summed E-state index contributed by atoms with van der Waals surface area (Å²) in [5.41, 5.74) is 0.695. The number of hydrogen-bond donors (Lipinski definition) is 1. The molecule has 1 aromatic rings. The highest BCUT2D eigenvalue weighted by Crippen LogP contribution is 2.24. The Morgan fingerprint density at radius 1 is 1.57 bits per heavy atom. The van der Waals surface area contributed by atoms with Gasteiger partial charge in [-0.05, 0) is 28.1 Å². The summed E-state index contributed by atoms with van der Waals surface area (Å²) in [4.78, 5) is 11.2. The van der Waals surface area contributed by atoms with E-state index in [1.807, 2.05) is 0 Å². The van der Waals surface area contributed by atoms with Crippen LogP contribution in [0.2, 0.25) is 0 Å². The van der Waals surface area contributed by atoms with Gasteiger partial charge in [0.2, 0.25) is 0 Å². The number of nitrogens with one attached hydrogen (secondary N) is 1. The molecule has 0 aliphatic heterocycles. The Labute approximate surface area is 89.4 Å². The Morgan fingerprint density at radius 3 is 2.71 bits per heavy atom. The lowest BCUT2D eigenvalue weighted by atomic mass is 10.2. The summed E-state index contributed by atoms with van der Waals surface area (Å²) < 4.78 is 17.9. The standard InChI is InChI=1S/C9H9BrFNO2/c1-12-8-4-6(10)7(11)3-5(8)9(13)14-2/h3-4,12H,1-2H3. The van der Waals surface area contributed by atoms with Gasteiger partial charge in [0.05, 0.1) is 17.1 Å². The maximum atomic E-state index is 13.1. The van der Waals surface area contributed by atoms with Crippen LogP contribution in [0.1, 0.15) is 10.4 Å².